The number of allylic oxidation sites excluding steroid dienone is 4. The van der Waals surface area contributed by atoms with Gasteiger partial charge >= 0.3 is 17.9 Å². The van der Waals surface area contributed by atoms with E-state index in [4.69, 9.17) is 14.2 Å². The summed E-state index contributed by atoms with van der Waals surface area (Å²) in [4.78, 5) is 38.0. The zero-order valence-corrected chi connectivity index (χ0v) is 41.7. The topological polar surface area (TPSA) is 78.9 Å². The summed E-state index contributed by atoms with van der Waals surface area (Å²) in [7, 11) is 0. The minimum Gasteiger partial charge on any atom is -0.462 e. The molecule has 0 amide bonds. The van der Waals surface area contributed by atoms with Crippen LogP contribution < -0.4 is 0 Å². The van der Waals surface area contributed by atoms with Gasteiger partial charge in [0.25, 0.3) is 0 Å². The molecular weight excluding hydrogens is 769 g/mol. The Bertz CT molecular complexity index is 1000. The molecule has 0 N–H and O–H groups in total. The second-order valence-electron chi connectivity index (χ2n) is 18.5. The molecule has 0 saturated carbocycles. The summed E-state index contributed by atoms with van der Waals surface area (Å²) in [6.45, 7) is 6.65. The molecular formula is C56H104O6. The van der Waals surface area contributed by atoms with E-state index in [9.17, 15) is 14.4 Å². The van der Waals surface area contributed by atoms with Crippen LogP contribution in [0.4, 0.5) is 0 Å². The molecule has 0 aliphatic rings. The van der Waals surface area contributed by atoms with Gasteiger partial charge in [-0.05, 0) is 70.6 Å². The number of carbonyl (C=O) groups is 3. The molecule has 1 unspecified atom stereocenters. The molecule has 0 aromatic heterocycles. The third-order valence-corrected chi connectivity index (χ3v) is 12.2. The van der Waals surface area contributed by atoms with Crippen molar-refractivity contribution in [2.45, 2.75) is 303 Å². The molecule has 0 spiro atoms. The lowest BCUT2D eigenvalue weighted by Crippen LogP contribution is -2.30. The van der Waals surface area contributed by atoms with Crippen LogP contribution in [0.25, 0.3) is 0 Å². The highest BCUT2D eigenvalue weighted by atomic mass is 16.6. The van der Waals surface area contributed by atoms with Gasteiger partial charge in [-0.3, -0.25) is 14.4 Å². The third-order valence-electron chi connectivity index (χ3n) is 12.2. The van der Waals surface area contributed by atoms with Crippen molar-refractivity contribution in [2.24, 2.45) is 0 Å². The number of carbonyl (C=O) groups excluding carboxylic acids is 3. The first kappa shape index (κ1) is 59.9. The van der Waals surface area contributed by atoms with Crippen LogP contribution in [-0.4, -0.2) is 37.2 Å². The zero-order valence-electron chi connectivity index (χ0n) is 41.7. The van der Waals surface area contributed by atoms with Crippen molar-refractivity contribution in [1.82, 2.24) is 0 Å². The number of esters is 3. The van der Waals surface area contributed by atoms with Crippen LogP contribution in [0.1, 0.15) is 297 Å². The van der Waals surface area contributed by atoms with Gasteiger partial charge in [0.05, 0.1) is 0 Å². The predicted molar refractivity (Wildman–Crippen MR) is 266 cm³/mol. The van der Waals surface area contributed by atoms with E-state index in [1.165, 1.54) is 193 Å². The van der Waals surface area contributed by atoms with E-state index >= 15 is 0 Å². The smallest absolute Gasteiger partial charge is 0.306 e. The fraction of sp³-hybridized carbons (Fsp3) is 0.875. The van der Waals surface area contributed by atoms with E-state index in [0.29, 0.717) is 19.3 Å². The molecule has 6 heteroatoms. The number of hydrogen-bond donors (Lipinski definition) is 0. The molecule has 0 saturated heterocycles. The molecule has 0 aliphatic heterocycles. The van der Waals surface area contributed by atoms with Gasteiger partial charge in [0.15, 0.2) is 6.10 Å². The van der Waals surface area contributed by atoms with Crippen molar-refractivity contribution in [3.63, 3.8) is 0 Å². The monoisotopic (exact) mass is 873 g/mol. The van der Waals surface area contributed by atoms with Crippen molar-refractivity contribution < 1.29 is 28.6 Å². The molecule has 1 atom stereocenters. The van der Waals surface area contributed by atoms with Crippen LogP contribution in [0.3, 0.4) is 0 Å². The van der Waals surface area contributed by atoms with Crippen LogP contribution >= 0.6 is 0 Å². The fourth-order valence-electron chi connectivity index (χ4n) is 8.02. The van der Waals surface area contributed by atoms with Gasteiger partial charge in [0.2, 0.25) is 0 Å². The molecule has 0 radical (unpaired) electrons. The Morgan fingerprint density at radius 3 is 0.823 bits per heavy atom. The quantitative estimate of drug-likeness (QED) is 0.0262. The van der Waals surface area contributed by atoms with Gasteiger partial charge in [0.1, 0.15) is 13.2 Å². The molecule has 0 heterocycles. The molecule has 62 heavy (non-hydrogen) atoms. The SMILES string of the molecule is CCCCCC/C=C\CCCCCCCCCC(=O)OC(COC(=O)CCCCCCC/C=C\CCCCCCCCC)COC(=O)CCCCCCCCCCCCCCC. The molecule has 0 bridgehead atoms. The maximum Gasteiger partial charge on any atom is 0.306 e. The molecule has 6 nitrogen and oxygen atoms in total. The predicted octanol–water partition coefficient (Wildman–Crippen LogP) is 17.9. The Labute approximate surface area is 385 Å². The summed E-state index contributed by atoms with van der Waals surface area (Å²) in [5.41, 5.74) is 0. The van der Waals surface area contributed by atoms with Crippen LogP contribution in [0.15, 0.2) is 24.3 Å². The van der Waals surface area contributed by atoms with Crippen LogP contribution in [-0.2, 0) is 28.6 Å². The summed E-state index contributed by atoms with van der Waals surface area (Å²) in [5.74, 6) is -0.869. The molecule has 0 aromatic carbocycles. The Kier molecular flexibility index (Phi) is 49.8. The largest absolute Gasteiger partial charge is 0.462 e. The average molecular weight is 873 g/mol. The summed E-state index contributed by atoms with van der Waals surface area (Å²) in [6.07, 6.45) is 58.7. The van der Waals surface area contributed by atoms with Gasteiger partial charge in [-0.15, -0.1) is 0 Å². The van der Waals surface area contributed by atoms with E-state index in [2.05, 4.69) is 45.1 Å². The average Bonchev–Trinajstić information content (AvgIpc) is 3.27. The lowest BCUT2D eigenvalue weighted by Gasteiger charge is -2.18. The van der Waals surface area contributed by atoms with E-state index in [-0.39, 0.29) is 31.1 Å². The van der Waals surface area contributed by atoms with E-state index < -0.39 is 6.10 Å². The lowest BCUT2D eigenvalue weighted by atomic mass is 10.0. The number of rotatable bonds is 50. The van der Waals surface area contributed by atoms with Gasteiger partial charge < -0.3 is 14.2 Å². The van der Waals surface area contributed by atoms with Crippen molar-refractivity contribution in [3.8, 4) is 0 Å². The first-order valence-electron chi connectivity index (χ1n) is 27.3. The first-order chi connectivity index (χ1) is 30.5. The van der Waals surface area contributed by atoms with Crippen molar-refractivity contribution in [1.29, 1.82) is 0 Å². The fourth-order valence-corrected chi connectivity index (χ4v) is 8.02. The summed E-state index contributed by atoms with van der Waals surface area (Å²) in [5, 5.41) is 0. The second kappa shape index (κ2) is 51.5. The van der Waals surface area contributed by atoms with E-state index in [0.717, 1.165) is 64.2 Å². The highest BCUT2D eigenvalue weighted by Crippen LogP contribution is 2.16. The maximum atomic E-state index is 12.8. The Hall–Kier alpha value is -2.11. The number of ether oxygens (including phenoxy) is 3. The van der Waals surface area contributed by atoms with E-state index in [1.54, 1.807) is 0 Å². The highest BCUT2D eigenvalue weighted by molar-refractivity contribution is 5.71. The van der Waals surface area contributed by atoms with Crippen LogP contribution in [0.5, 0.6) is 0 Å². The molecule has 364 valence electrons. The summed E-state index contributed by atoms with van der Waals surface area (Å²) < 4.78 is 16.8. The summed E-state index contributed by atoms with van der Waals surface area (Å²) >= 11 is 0. The highest BCUT2D eigenvalue weighted by Gasteiger charge is 2.19. The lowest BCUT2D eigenvalue weighted by molar-refractivity contribution is -0.167. The first-order valence-corrected chi connectivity index (χ1v) is 27.3. The van der Waals surface area contributed by atoms with Gasteiger partial charge in [0, 0.05) is 19.3 Å². The van der Waals surface area contributed by atoms with Crippen molar-refractivity contribution in [3.05, 3.63) is 24.3 Å². The molecule has 0 aromatic rings. The van der Waals surface area contributed by atoms with Crippen molar-refractivity contribution >= 4 is 17.9 Å². The number of unbranched alkanes of at least 4 members (excludes halogenated alkanes) is 35. The van der Waals surface area contributed by atoms with E-state index in [1.807, 2.05) is 0 Å². The Balaban J connectivity index is 4.35. The summed E-state index contributed by atoms with van der Waals surface area (Å²) in [6, 6.07) is 0. The minimum atomic E-state index is -0.772. The number of hydrogen-bond acceptors (Lipinski definition) is 6. The Morgan fingerprint density at radius 1 is 0.306 bits per heavy atom. The van der Waals surface area contributed by atoms with Crippen LogP contribution in [0.2, 0.25) is 0 Å². The molecule has 0 rings (SSSR count). The molecule has 0 fully saturated rings. The van der Waals surface area contributed by atoms with Gasteiger partial charge in [-0.2, -0.15) is 0 Å². The Morgan fingerprint density at radius 2 is 0.532 bits per heavy atom. The maximum absolute atomic E-state index is 12.8. The van der Waals surface area contributed by atoms with Crippen molar-refractivity contribution in [2.75, 3.05) is 13.2 Å². The second-order valence-corrected chi connectivity index (χ2v) is 18.5. The van der Waals surface area contributed by atoms with Gasteiger partial charge in [-0.25, -0.2) is 0 Å². The molecule has 0 aliphatic carbocycles. The normalized spacial score (nSPS) is 12.1. The standard InChI is InChI=1S/C56H104O6/c1-4-7-10-13-16-19-22-25-27-29-31-34-37-40-43-46-49-55(58)61-52-53(51-60-54(57)48-45-42-39-36-33-30-24-21-18-15-12-9-6-3)62-56(59)50-47-44-41-38-35-32-28-26-23-20-17-14-11-8-5-2/h20,23,27,29,53H,4-19,21-22,24-26,28,30-52H2,1-3H3/b23-20-,29-27-. The third kappa shape index (κ3) is 48.9. The van der Waals surface area contributed by atoms with Gasteiger partial charge in [-0.1, -0.05) is 231 Å². The zero-order chi connectivity index (χ0) is 45.1. The minimum absolute atomic E-state index is 0.0716. The van der Waals surface area contributed by atoms with Crippen LogP contribution in [0, 0.1) is 0 Å².